The molecule has 2 rings (SSSR count). The van der Waals surface area contributed by atoms with E-state index in [-0.39, 0.29) is 18.7 Å². The van der Waals surface area contributed by atoms with Crippen molar-refractivity contribution < 1.29 is 27.1 Å². The number of hydrogen-bond donors (Lipinski definition) is 1. The molecule has 0 bridgehead atoms. The highest BCUT2D eigenvalue weighted by Crippen LogP contribution is 2.30. The molecule has 1 N–H and O–H groups in total. The first-order chi connectivity index (χ1) is 11.9. The zero-order valence-corrected chi connectivity index (χ0v) is 13.0. The SMILES string of the molecule is O=C(NCC=Cc1ccc(C(F)(F)F)cc1F)OCc1ccccc1. The average Bonchev–Trinajstić information content (AvgIpc) is 2.58. The number of alkyl halides is 3. The van der Waals surface area contributed by atoms with Crippen LogP contribution in [0.5, 0.6) is 0 Å². The molecule has 0 spiro atoms. The smallest absolute Gasteiger partial charge is 0.416 e. The molecule has 0 aromatic heterocycles. The molecule has 0 aliphatic rings. The van der Waals surface area contributed by atoms with Crippen molar-refractivity contribution in [1.29, 1.82) is 0 Å². The molecule has 0 unspecified atom stereocenters. The normalized spacial score (nSPS) is 11.5. The lowest BCUT2D eigenvalue weighted by molar-refractivity contribution is -0.137. The van der Waals surface area contributed by atoms with Gasteiger partial charge in [0.1, 0.15) is 12.4 Å². The first-order valence-electron chi connectivity index (χ1n) is 7.34. The molecule has 132 valence electrons. The maximum Gasteiger partial charge on any atom is 0.416 e. The van der Waals surface area contributed by atoms with Crippen LogP contribution in [-0.2, 0) is 17.5 Å². The van der Waals surface area contributed by atoms with Crippen LogP contribution in [0.3, 0.4) is 0 Å². The minimum absolute atomic E-state index is 0.00699. The van der Waals surface area contributed by atoms with E-state index in [9.17, 15) is 22.4 Å². The Morgan fingerprint density at radius 3 is 2.48 bits per heavy atom. The highest BCUT2D eigenvalue weighted by molar-refractivity contribution is 5.67. The van der Waals surface area contributed by atoms with E-state index in [1.807, 2.05) is 18.2 Å². The van der Waals surface area contributed by atoms with Crippen molar-refractivity contribution in [3.8, 4) is 0 Å². The van der Waals surface area contributed by atoms with Gasteiger partial charge in [0, 0.05) is 12.1 Å². The van der Waals surface area contributed by atoms with Crippen LogP contribution in [0.4, 0.5) is 22.4 Å². The number of amides is 1. The van der Waals surface area contributed by atoms with Gasteiger partial charge in [-0.3, -0.25) is 0 Å². The molecule has 3 nitrogen and oxygen atoms in total. The molecule has 7 heteroatoms. The van der Waals surface area contributed by atoms with Gasteiger partial charge in [-0.25, -0.2) is 9.18 Å². The van der Waals surface area contributed by atoms with E-state index < -0.39 is 23.7 Å². The van der Waals surface area contributed by atoms with Crippen molar-refractivity contribution >= 4 is 12.2 Å². The zero-order valence-electron chi connectivity index (χ0n) is 13.0. The molecular weight excluding hydrogens is 338 g/mol. The highest BCUT2D eigenvalue weighted by Gasteiger charge is 2.30. The second-order valence-corrected chi connectivity index (χ2v) is 5.08. The standard InChI is InChI=1S/C18H15F4NO2/c19-16-11-15(18(20,21)22)9-8-14(16)7-4-10-23-17(24)25-12-13-5-2-1-3-6-13/h1-9,11H,10,12H2,(H,23,24). The molecule has 1 amide bonds. The molecule has 0 saturated heterocycles. The van der Waals surface area contributed by atoms with Crippen molar-refractivity contribution in [1.82, 2.24) is 5.32 Å². The summed E-state index contributed by atoms with van der Waals surface area (Å²) in [5.74, 6) is -0.988. The van der Waals surface area contributed by atoms with Crippen LogP contribution in [-0.4, -0.2) is 12.6 Å². The van der Waals surface area contributed by atoms with Gasteiger partial charge in [-0.2, -0.15) is 13.2 Å². The second-order valence-electron chi connectivity index (χ2n) is 5.08. The minimum atomic E-state index is -4.59. The molecule has 0 fully saturated rings. The number of halogens is 4. The molecule has 0 aliphatic carbocycles. The molecule has 25 heavy (non-hydrogen) atoms. The summed E-state index contributed by atoms with van der Waals surface area (Å²) in [6.45, 7) is 0.165. The maximum atomic E-state index is 13.6. The maximum absolute atomic E-state index is 13.6. The third kappa shape index (κ3) is 5.95. The Labute approximate surface area is 141 Å². The highest BCUT2D eigenvalue weighted by atomic mass is 19.4. The third-order valence-electron chi connectivity index (χ3n) is 3.20. The lowest BCUT2D eigenvalue weighted by atomic mass is 10.1. The Morgan fingerprint density at radius 2 is 1.84 bits per heavy atom. The van der Waals surface area contributed by atoms with E-state index in [1.54, 1.807) is 12.1 Å². The number of ether oxygens (including phenoxy) is 1. The minimum Gasteiger partial charge on any atom is -0.445 e. The number of nitrogens with one attached hydrogen (secondary N) is 1. The Balaban J connectivity index is 1.80. The van der Waals surface area contributed by atoms with E-state index in [0.29, 0.717) is 6.07 Å². The summed E-state index contributed by atoms with van der Waals surface area (Å²) in [5, 5.41) is 2.43. The average molecular weight is 353 g/mol. The number of carbonyl (C=O) groups excluding carboxylic acids is 1. The predicted octanol–water partition coefficient (Wildman–Crippen LogP) is 4.78. The molecular formula is C18H15F4NO2. The predicted molar refractivity (Wildman–Crippen MR) is 85.1 cm³/mol. The third-order valence-corrected chi connectivity index (χ3v) is 3.20. The molecule has 2 aromatic rings. The van der Waals surface area contributed by atoms with Gasteiger partial charge < -0.3 is 10.1 Å². The van der Waals surface area contributed by atoms with Gasteiger partial charge in [0.15, 0.2) is 0 Å². The van der Waals surface area contributed by atoms with Crippen LogP contribution >= 0.6 is 0 Å². The van der Waals surface area contributed by atoms with Crippen molar-refractivity contribution in [2.45, 2.75) is 12.8 Å². The second kappa shape index (κ2) is 8.32. The van der Waals surface area contributed by atoms with E-state index in [2.05, 4.69) is 5.32 Å². The Kier molecular flexibility index (Phi) is 6.16. The first-order valence-corrected chi connectivity index (χ1v) is 7.34. The summed E-state index contributed by atoms with van der Waals surface area (Å²) in [6.07, 6.45) is -2.54. The van der Waals surface area contributed by atoms with Crippen molar-refractivity contribution in [2.24, 2.45) is 0 Å². The van der Waals surface area contributed by atoms with Gasteiger partial charge in [0.2, 0.25) is 0 Å². The Morgan fingerprint density at radius 1 is 1.12 bits per heavy atom. The van der Waals surface area contributed by atoms with Crippen LogP contribution in [0.15, 0.2) is 54.6 Å². The topological polar surface area (TPSA) is 38.3 Å². The van der Waals surface area contributed by atoms with Gasteiger partial charge in [0.25, 0.3) is 0 Å². The van der Waals surface area contributed by atoms with Crippen molar-refractivity contribution in [3.05, 3.63) is 77.1 Å². The monoisotopic (exact) mass is 353 g/mol. The molecule has 0 atom stereocenters. The fourth-order valence-corrected chi connectivity index (χ4v) is 1.94. The summed E-state index contributed by atoms with van der Waals surface area (Å²) < 4.78 is 55.9. The fourth-order valence-electron chi connectivity index (χ4n) is 1.94. The van der Waals surface area contributed by atoms with Gasteiger partial charge in [-0.1, -0.05) is 48.6 Å². The van der Waals surface area contributed by atoms with Gasteiger partial charge in [-0.15, -0.1) is 0 Å². The van der Waals surface area contributed by atoms with Crippen LogP contribution in [0.25, 0.3) is 6.08 Å². The Bertz CT molecular complexity index is 742. The summed E-state index contributed by atoms with van der Waals surface area (Å²) in [6, 6.07) is 11.3. The van der Waals surface area contributed by atoms with Crippen LogP contribution in [0, 0.1) is 5.82 Å². The molecule has 0 aliphatic heterocycles. The van der Waals surface area contributed by atoms with Gasteiger partial charge in [-0.05, 0) is 17.7 Å². The number of carbonyl (C=O) groups is 1. The first kappa shape index (κ1) is 18.5. The van der Waals surface area contributed by atoms with Crippen LogP contribution in [0.2, 0.25) is 0 Å². The van der Waals surface area contributed by atoms with Crippen molar-refractivity contribution in [2.75, 3.05) is 6.54 Å². The van der Waals surface area contributed by atoms with Crippen molar-refractivity contribution in [3.63, 3.8) is 0 Å². The van der Waals surface area contributed by atoms with E-state index >= 15 is 0 Å². The number of benzene rings is 2. The molecule has 2 aromatic carbocycles. The molecule has 0 radical (unpaired) electrons. The summed E-state index contributed by atoms with van der Waals surface area (Å²) in [4.78, 5) is 11.5. The largest absolute Gasteiger partial charge is 0.445 e. The Hall–Kier alpha value is -2.83. The number of alkyl carbamates (subject to hydrolysis) is 1. The van der Waals surface area contributed by atoms with Gasteiger partial charge >= 0.3 is 12.3 Å². The molecule has 0 heterocycles. The van der Waals surface area contributed by atoms with E-state index in [0.717, 1.165) is 17.7 Å². The summed E-state index contributed by atoms with van der Waals surface area (Å²) in [5.41, 5.74) is -0.225. The molecule has 0 saturated carbocycles. The quantitative estimate of drug-likeness (QED) is 0.786. The zero-order chi connectivity index (χ0) is 18.3. The van der Waals surface area contributed by atoms with Crippen LogP contribution in [0.1, 0.15) is 16.7 Å². The fraction of sp³-hybridized carbons (Fsp3) is 0.167. The van der Waals surface area contributed by atoms with Gasteiger partial charge in [0.05, 0.1) is 5.56 Å². The van der Waals surface area contributed by atoms with E-state index in [4.69, 9.17) is 4.74 Å². The lowest BCUT2D eigenvalue weighted by Gasteiger charge is -2.07. The summed E-state index contributed by atoms with van der Waals surface area (Å²) >= 11 is 0. The lowest BCUT2D eigenvalue weighted by Crippen LogP contribution is -2.24. The van der Waals surface area contributed by atoms with E-state index in [1.165, 1.54) is 12.2 Å². The number of hydrogen-bond acceptors (Lipinski definition) is 2. The summed E-state index contributed by atoms with van der Waals surface area (Å²) in [7, 11) is 0. The van der Waals surface area contributed by atoms with Crippen LogP contribution < -0.4 is 5.32 Å². The number of rotatable bonds is 5.